The second-order valence-corrected chi connectivity index (χ2v) is 13.2. The van der Waals surface area contributed by atoms with Crippen LogP contribution in [0.1, 0.15) is 37.9 Å². The van der Waals surface area contributed by atoms with Crippen molar-refractivity contribution in [3.05, 3.63) is 78.0 Å². The number of ether oxygens (including phenoxy) is 5. The van der Waals surface area contributed by atoms with Gasteiger partial charge in [-0.15, -0.1) is 0 Å². The molecule has 0 bridgehead atoms. The zero-order chi connectivity index (χ0) is 31.4. The van der Waals surface area contributed by atoms with Gasteiger partial charge in [-0.25, -0.2) is 14.6 Å². The van der Waals surface area contributed by atoms with Crippen molar-refractivity contribution >= 4 is 90.5 Å². The lowest BCUT2D eigenvalue weighted by Gasteiger charge is -2.26. The third kappa shape index (κ3) is 7.12. The molecule has 4 rings (SSSR count). The molecule has 1 aliphatic rings. The molecule has 228 valence electrons. The van der Waals surface area contributed by atoms with Gasteiger partial charge in [0.1, 0.15) is 5.75 Å². The Bertz CT molecular complexity index is 1800. The lowest BCUT2D eigenvalue weighted by molar-refractivity contribution is -0.145. The fourth-order valence-electron chi connectivity index (χ4n) is 4.48. The second kappa shape index (κ2) is 14.6. The molecule has 0 saturated carbocycles. The highest BCUT2D eigenvalue weighted by Crippen LogP contribution is 2.41. The number of allylic oxidation sites excluding steroid dienone is 1. The van der Waals surface area contributed by atoms with Crippen LogP contribution in [0.25, 0.3) is 6.08 Å². The van der Waals surface area contributed by atoms with E-state index in [1.165, 1.54) is 30.1 Å². The molecule has 1 atom stereocenters. The number of nitrogens with zero attached hydrogens (tertiary/aromatic N) is 2. The van der Waals surface area contributed by atoms with E-state index in [0.717, 1.165) is 7.14 Å². The van der Waals surface area contributed by atoms with Gasteiger partial charge in [0.2, 0.25) is 0 Å². The Labute approximate surface area is 287 Å². The number of thiazole rings is 1. The third-order valence-electron chi connectivity index (χ3n) is 6.28. The SMILES string of the molecule is CCOC(=O)COc1c(I)cc(I)cc1/C=c1\sc2n(c1=O)[C@H](c1cc(OC)c(OC)cc1Br)C(C(=O)OCC)=C(C)N=2. The van der Waals surface area contributed by atoms with Crippen LogP contribution in [0.2, 0.25) is 0 Å². The van der Waals surface area contributed by atoms with Gasteiger partial charge < -0.3 is 23.7 Å². The van der Waals surface area contributed by atoms with Crippen LogP contribution in [0.15, 0.2) is 49.8 Å². The Morgan fingerprint density at radius 3 is 2.40 bits per heavy atom. The van der Waals surface area contributed by atoms with E-state index in [-0.39, 0.29) is 31.0 Å². The lowest BCUT2D eigenvalue weighted by Crippen LogP contribution is -2.40. The van der Waals surface area contributed by atoms with Crippen LogP contribution >= 0.6 is 72.4 Å². The number of benzene rings is 2. The quantitative estimate of drug-likeness (QED) is 0.212. The van der Waals surface area contributed by atoms with Crippen molar-refractivity contribution < 1.29 is 33.3 Å². The van der Waals surface area contributed by atoms with Crippen molar-refractivity contribution in [2.75, 3.05) is 34.0 Å². The molecule has 0 unspecified atom stereocenters. The molecule has 0 spiro atoms. The molecular formula is C29H27BrI2N2O8S. The smallest absolute Gasteiger partial charge is 0.344 e. The summed E-state index contributed by atoms with van der Waals surface area (Å²) in [5.74, 6) is 0.281. The number of methoxy groups -OCH3 is 2. The maximum absolute atomic E-state index is 14.2. The summed E-state index contributed by atoms with van der Waals surface area (Å²) in [5, 5.41) is 0. The summed E-state index contributed by atoms with van der Waals surface area (Å²) >= 11 is 9.10. The normalized spacial score (nSPS) is 14.6. The summed E-state index contributed by atoms with van der Waals surface area (Å²) < 4.78 is 31.4. The molecule has 0 radical (unpaired) electrons. The van der Waals surface area contributed by atoms with Crippen molar-refractivity contribution in [2.45, 2.75) is 26.8 Å². The monoisotopic (exact) mass is 896 g/mol. The minimum atomic E-state index is -0.873. The Kier molecular flexibility index (Phi) is 11.3. The second-order valence-electron chi connectivity index (χ2n) is 8.93. The molecule has 10 nitrogen and oxygen atoms in total. The molecule has 0 saturated heterocycles. The van der Waals surface area contributed by atoms with E-state index in [1.807, 2.05) is 12.1 Å². The number of hydrogen-bond donors (Lipinski definition) is 0. The first kappa shape index (κ1) is 33.5. The molecule has 0 N–H and O–H groups in total. The summed E-state index contributed by atoms with van der Waals surface area (Å²) in [7, 11) is 3.04. The van der Waals surface area contributed by atoms with Gasteiger partial charge in [0.05, 0.1) is 52.8 Å². The molecule has 1 aromatic heterocycles. The van der Waals surface area contributed by atoms with Crippen molar-refractivity contribution in [2.24, 2.45) is 4.99 Å². The molecule has 3 aromatic rings. The van der Waals surface area contributed by atoms with Crippen LogP contribution < -0.4 is 29.1 Å². The average Bonchev–Trinajstić information content (AvgIpc) is 3.25. The van der Waals surface area contributed by atoms with Gasteiger partial charge in [-0.2, -0.15) is 0 Å². The molecule has 2 heterocycles. The van der Waals surface area contributed by atoms with E-state index < -0.39 is 18.0 Å². The Morgan fingerprint density at radius 1 is 1.07 bits per heavy atom. The largest absolute Gasteiger partial charge is 0.493 e. The Hall–Kier alpha value is -2.44. The van der Waals surface area contributed by atoms with Gasteiger partial charge in [-0.3, -0.25) is 9.36 Å². The number of hydrogen-bond acceptors (Lipinski definition) is 10. The molecule has 14 heteroatoms. The zero-order valence-electron chi connectivity index (χ0n) is 23.8. The summed E-state index contributed by atoms with van der Waals surface area (Å²) in [4.78, 5) is 44.5. The van der Waals surface area contributed by atoms with Gasteiger partial charge in [0.25, 0.3) is 5.56 Å². The van der Waals surface area contributed by atoms with Crippen molar-refractivity contribution in [1.29, 1.82) is 0 Å². The first-order valence-corrected chi connectivity index (χ1v) is 16.7. The van der Waals surface area contributed by atoms with Crippen LogP contribution in [-0.2, 0) is 19.1 Å². The van der Waals surface area contributed by atoms with E-state index in [1.54, 1.807) is 39.0 Å². The van der Waals surface area contributed by atoms with Crippen molar-refractivity contribution in [3.8, 4) is 17.2 Å². The van der Waals surface area contributed by atoms with E-state index in [4.69, 9.17) is 23.7 Å². The molecule has 0 aliphatic carbocycles. The first-order chi connectivity index (χ1) is 20.5. The summed E-state index contributed by atoms with van der Waals surface area (Å²) in [6.07, 6.45) is 1.71. The molecule has 0 amide bonds. The molecule has 1 aliphatic heterocycles. The average molecular weight is 897 g/mol. The molecule has 0 fully saturated rings. The van der Waals surface area contributed by atoms with Gasteiger partial charge in [-0.05, 0) is 102 Å². The van der Waals surface area contributed by atoms with Gasteiger partial charge in [-0.1, -0.05) is 27.3 Å². The maximum Gasteiger partial charge on any atom is 0.344 e. The summed E-state index contributed by atoms with van der Waals surface area (Å²) in [6.45, 7) is 5.27. The predicted octanol–water partition coefficient (Wildman–Crippen LogP) is 4.73. The van der Waals surface area contributed by atoms with Crippen LogP contribution in [-0.4, -0.2) is 50.5 Å². The van der Waals surface area contributed by atoms with Crippen molar-refractivity contribution in [3.63, 3.8) is 0 Å². The molecule has 43 heavy (non-hydrogen) atoms. The van der Waals surface area contributed by atoms with Gasteiger partial charge in [0.15, 0.2) is 22.9 Å². The minimum absolute atomic E-state index is 0.152. The van der Waals surface area contributed by atoms with Crippen LogP contribution in [0.3, 0.4) is 0 Å². The Balaban J connectivity index is 1.96. The van der Waals surface area contributed by atoms with Crippen LogP contribution in [0.5, 0.6) is 17.2 Å². The minimum Gasteiger partial charge on any atom is -0.493 e. The number of esters is 2. The van der Waals surface area contributed by atoms with Crippen LogP contribution in [0.4, 0.5) is 0 Å². The van der Waals surface area contributed by atoms with Gasteiger partial charge in [0, 0.05) is 13.6 Å². The lowest BCUT2D eigenvalue weighted by atomic mass is 9.95. The van der Waals surface area contributed by atoms with E-state index in [2.05, 4.69) is 66.1 Å². The summed E-state index contributed by atoms with van der Waals surface area (Å²) in [6, 6.07) is 6.35. The number of halogens is 3. The number of carbonyl (C=O) groups is 2. The first-order valence-electron chi connectivity index (χ1n) is 12.9. The highest BCUT2D eigenvalue weighted by molar-refractivity contribution is 14.1. The zero-order valence-corrected chi connectivity index (χ0v) is 30.5. The highest BCUT2D eigenvalue weighted by atomic mass is 127. The van der Waals surface area contributed by atoms with E-state index in [9.17, 15) is 14.4 Å². The fraction of sp³-hybridized carbons (Fsp3) is 0.310. The topological polar surface area (TPSA) is 115 Å². The number of fused-ring (bicyclic) bond motifs is 1. The van der Waals surface area contributed by atoms with Gasteiger partial charge >= 0.3 is 11.9 Å². The maximum atomic E-state index is 14.2. The predicted molar refractivity (Wildman–Crippen MR) is 182 cm³/mol. The molecular weight excluding hydrogens is 870 g/mol. The Morgan fingerprint density at radius 2 is 1.74 bits per heavy atom. The number of aromatic nitrogens is 1. The van der Waals surface area contributed by atoms with E-state index >= 15 is 0 Å². The summed E-state index contributed by atoms with van der Waals surface area (Å²) in [5.41, 5.74) is 1.49. The number of rotatable bonds is 10. The molecule has 2 aromatic carbocycles. The number of carbonyl (C=O) groups excluding carboxylic acids is 2. The van der Waals surface area contributed by atoms with E-state index in [0.29, 0.717) is 47.9 Å². The fourth-order valence-corrected chi connectivity index (χ4v) is 8.10. The standard InChI is InChI=1S/C29H27BrI2N2O8S/c1-6-40-23(35)13-42-26-15(8-16(31)10-19(26)32)9-22-27(36)34-25(17-11-20(38-4)21(39-5)12-18(17)30)24(28(37)41-7-2)14(3)33-29(34)43-22/h8-12,25H,6-7,13H2,1-5H3/b22-9-/t25-/m1/s1. The third-order valence-corrected chi connectivity index (χ3v) is 9.37. The highest BCUT2D eigenvalue weighted by Gasteiger charge is 2.35. The van der Waals surface area contributed by atoms with Crippen molar-refractivity contribution in [1.82, 2.24) is 4.57 Å². The van der Waals surface area contributed by atoms with Crippen LogP contribution in [0, 0.1) is 7.14 Å².